The van der Waals surface area contributed by atoms with Gasteiger partial charge in [-0.2, -0.15) is 5.10 Å². The van der Waals surface area contributed by atoms with Gasteiger partial charge in [0.25, 0.3) is 0 Å². The van der Waals surface area contributed by atoms with E-state index in [2.05, 4.69) is 17.3 Å². The van der Waals surface area contributed by atoms with Gasteiger partial charge >= 0.3 is 0 Å². The Morgan fingerprint density at radius 2 is 2.09 bits per heavy atom. The Hall–Kier alpha value is -1.46. The van der Waals surface area contributed by atoms with Crippen molar-refractivity contribution < 1.29 is 4.79 Å². The lowest BCUT2D eigenvalue weighted by Gasteiger charge is -2.13. The summed E-state index contributed by atoms with van der Waals surface area (Å²) in [4.78, 5) is 13.3. The smallest absolute Gasteiger partial charge is 0.238 e. The number of aromatic nitrogens is 2. The van der Waals surface area contributed by atoms with Crippen LogP contribution in [0.2, 0.25) is 5.02 Å². The molecule has 0 saturated carbocycles. The maximum atomic E-state index is 12.3. The van der Waals surface area contributed by atoms with Crippen molar-refractivity contribution >= 4 is 35.1 Å². The predicted octanol–water partition coefficient (Wildman–Crippen LogP) is 4.46. The van der Waals surface area contributed by atoms with Crippen LogP contribution in [0.4, 0.5) is 5.82 Å². The first-order valence-electron chi connectivity index (χ1n) is 7.35. The number of amides is 1. The summed E-state index contributed by atoms with van der Waals surface area (Å²) in [6, 6.07) is 9.32. The third kappa shape index (κ3) is 4.78. The van der Waals surface area contributed by atoms with Crippen LogP contribution < -0.4 is 5.32 Å². The average molecular weight is 338 g/mol. The Bertz CT molecular complexity index is 612. The van der Waals surface area contributed by atoms with E-state index in [-0.39, 0.29) is 11.2 Å². The van der Waals surface area contributed by atoms with Crippen molar-refractivity contribution in [3.8, 4) is 0 Å². The normalized spacial score (nSPS) is 12.1. The molecule has 1 aromatic carbocycles. The molecular formula is C16H20ClN3OS. The van der Waals surface area contributed by atoms with Crippen LogP contribution in [0.25, 0.3) is 0 Å². The highest BCUT2D eigenvalue weighted by molar-refractivity contribution is 8.00. The Labute approximate surface area is 140 Å². The molecule has 22 heavy (non-hydrogen) atoms. The molecule has 0 fully saturated rings. The summed E-state index contributed by atoms with van der Waals surface area (Å²) in [6.45, 7) is 4.84. The van der Waals surface area contributed by atoms with Crippen molar-refractivity contribution in [1.29, 1.82) is 0 Å². The summed E-state index contributed by atoms with van der Waals surface area (Å²) < 4.78 is 1.83. The third-order valence-corrected chi connectivity index (χ3v) is 4.55. The number of carbonyl (C=O) groups excluding carboxylic acids is 1. The summed E-state index contributed by atoms with van der Waals surface area (Å²) in [7, 11) is 0. The molecule has 0 aliphatic rings. The van der Waals surface area contributed by atoms with Gasteiger partial charge in [0.1, 0.15) is 5.82 Å². The molecular weight excluding hydrogens is 318 g/mol. The highest BCUT2D eigenvalue weighted by Gasteiger charge is 2.16. The minimum atomic E-state index is -0.198. The first-order chi connectivity index (χ1) is 10.6. The van der Waals surface area contributed by atoms with E-state index in [1.165, 1.54) is 11.8 Å². The van der Waals surface area contributed by atoms with Crippen LogP contribution in [0, 0.1) is 0 Å². The minimum Gasteiger partial charge on any atom is -0.310 e. The zero-order chi connectivity index (χ0) is 15.9. The lowest BCUT2D eigenvalue weighted by atomic mass is 10.3. The van der Waals surface area contributed by atoms with Gasteiger partial charge in [0.05, 0.1) is 11.4 Å². The van der Waals surface area contributed by atoms with Crippen LogP contribution in [0.15, 0.2) is 41.4 Å². The molecule has 0 radical (unpaired) electrons. The molecule has 1 aromatic heterocycles. The van der Waals surface area contributed by atoms with Crippen molar-refractivity contribution in [2.45, 2.75) is 43.4 Å². The highest BCUT2D eigenvalue weighted by Crippen LogP contribution is 2.25. The number of nitrogens with zero attached hydrogens (tertiary/aromatic N) is 2. The number of carbonyl (C=O) groups is 1. The lowest BCUT2D eigenvalue weighted by Crippen LogP contribution is -2.24. The molecule has 0 aliphatic carbocycles. The van der Waals surface area contributed by atoms with Crippen LogP contribution in [-0.2, 0) is 11.3 Å². The van der Waals surface area contributed by atoms with Gasteiger partial charge in [0.15, 0.2) is 0 Å². The summed E-state index contributed by atoms with van der Waals surface area (Å²) in [5, 5.41) is 7.68. The molecule has 2 rings (SSSR count). The zero-order valence-electron chi connectivity index (χ0n) is 12.8. The summed E-state index contributed by atoms with van der Waals surface area (Å²) >= 11 is 7.37. The quantitative estimate of drug-likeness (QED) is 0.759. The lowest BCUT2D eigenvalue weighted by molar-refractivity contribution is -0.115. The molecule has 0 saturated heterocycles. The first kappa shape index (κ1) is 16.9. The molecule has 118 valence electrons. The van der Waals surface area contributed by atoms with Crippen molar-refractivity contribution in [1.82, 2.24) is 9.78 Å². The number of rotatable bonds is 7. The minimum absolute atomic E-state index is 0.0294. The van der Waals surface area contributed by atoms with E-state index in [1.54, 1.807) is 6.20 Å². The van der Waals surface area contributed by atoms with Gasteiger partial charge in [0.2, 0.25) is 5.91 Å². The largest absolute Gasteiger partial charge is 0.310 e. The molecule has 1 amide bonds. The van der Waals surface area contributed by atoms with E-state index >= 15 is 0 Å². The molecule has 1 N–H and O–H groups in total. The van der Waals surface area contributed by atoms with E-state index in [0.29, 0.717) is 5.02 Å². The third-order valence-electron chi connectivity index (χ3n) is 3.19. The number of thioether (sulfide) groups is 1. The molecule has 6 heteroatoms. The number of aryl methyl sites for hydroxylation is 1. The number of hydrogen-bond acceptors (Lipinski definition) is 3. The molecule has 0 spiro atoms. The second-order valence-corrected chi connectivity index (χ2v) is 6.85. The van der Waals surface area contributed by atoms with Crippen molar-refractivity contribution in [2.24, 2.45) is 0 Å². The summed E-state index contributed by atoms with van der Waals surface area (Å²) in [5.41, 5.74) is 0. The molecule has 1 unspecified atom stereocenters. The molecule has 1 atom stereocenters. The monoisotopic (exact) mass is 337 g/mol. The van der Waals surface area contributed by atoms with E-state index < -0.39 is 0 Å². The van der Waals surface area contributed by atoms with E-state index in [1.807, 2.05) is 41.9 Å². The van der Waals surface area contributed by atoms with Gasteiger partial charge in [-0.3, -0.25) is 4.79 Å². The molecule has 0 aliphatic heterocycles. The fraction of sp³-hybridized carbons (Fsp3) is 0.375. The zero-order valence-corrected chi connectivity index (χ0v) is 14.3. The van der Waals surface area contributed by atoms with Gasteiger partial charge in [0, 0.05) is 22.5 Å². The standard InChI is InChI=1S/C16H20ClN3OS/c1-3-4-11-20-15(9-10-18-20)19-16(21)12(2)22-14-7-5-13(17)6-8-14/h5-10,12H,3-4,11H2,1-2H3,(H,19,21). The van der Waals surface area contributed by atoms with Gasteiger partial charge in [-0.15, -0.1) is 11.8 Å². The van der Waals surface area contributed by atoms with Gasteiger partial charge in [-0.25, -0.2) is 4.68 Å². The second kappa shape index (κ2) is 8.25. The number of unbranched alkanes of at least 4 members (excludes halogenated alkanes) is 1. The Kier molecular flexibility index (Phi) is 6.34. The fourth-order valence-electron chi connectivity index (χ4n) is 1.92. The fourth-order valence-corrected chi connectivity index (χ4v) is 2.92. The Morgan fingerprint density at radius 1 is 1.36 bits per heavy atom. The molecule has 4 nitrogen and oxygen atoms in total. The number of hydrogen-bond donors (Lipinski definition) is 1. The SMILES string of the molecule is CCCCn1nccc1NC(=O)C(C)Sc1ccc(Cl)cc1. The predicted molar refractivity (Wildman–Crippen MR) is 92.5 cm³/mol. The van der Waals surface area contributed by atoms with Crippen LogP contribution in [-0.4, -0.2) is 20.9 Å². The van der Waals surface area contributed by atoms with Gasteiger partial charge in [-0.1, -0.05) is 24.9 Å². The molecule has 1 heterocycles. The topological polar surface area (TPSA) is 46.9 Å². The van der Waals surface area contributed by atoms with E-state index in [0.717, 1.165) is 30.1 Å². The van der Waals surface area contributed by atoms with Crippen LogP contribution in [0.3, 0.4) is 0 Å². The number of nitrogens with one attached hydrogen (secondary N) is 1. The maximum absolute atomic E-state index is 12.3. The first-order valence-corrected chi connectivity index (χ1v) is 8.61. The van der Waals surface area contributed by atoms with Gasteiger partial charge in [-0.05, 0) is 37.6 Å². The molecule has 0 bridgehead atoms. The maximum Gasteiger partial charge on any atom is 0.238 e. The number of anilines is 1. The van der Waals surface area contributed by atoms with Crippen LogP contribution in [0.5, 0.6) is 0 Å². The summed E-state index contributed by atoms with van der Waals surface area (Å²) in [5.74, 6) is 0.722. The van der Waals surface area contributed by atoms with Gasteiger partial charge < -0.3 is 5.32 Å². The van der Waals surface area contributed by atoms with Crippen LogP contribution >= 0.6 is 23.4 Å². The highest BCUT2D eigenvalue weighted by atomic mass is 35.5. The molecule has 2 aromatic rings. The van der Waals surface area contributed by atoms with E-state index in [9.17, 15) is 4.79 Å². The average Bonchev–Trinajstić information content (AvgIpc) is 2.94. The second-order valence-electron chi connectivity index (χ2n) is 5.00. The van der Waals surface area contributed by atoms with Crippen LogP contribution in [0.1, 0.15) is 26.7 Å². The van der Waals surface area contributed by atoms with Crippen molar-refractivity contribution in [3.05, 3.63) is 41.6 Å². The van der Waals surface area contributed by atoms with E-state index in [4.69, 9.17) is 11.6 Å². The number of benzene rings is 1. The summed E-state index contributed by atoms with van der Waals surface area (Å²) in [6.07, 6.45) is 3.85. The Balaban J connectivity index is 1.93. The van der Waals surface area contributed by atoms with Crippen molar-refractivity contribution in [2.75, 3.05) is 5.32 Å². The number of halogens is 1. The van der Waals surface area contributed by atoms with Crippen molar-refractivity contribution in [3.63, 3.8) is 0 Å². The Morgan fingerprint density at radius 3 is 2.77 bits per heavy atom.